The van der Waals surface area contributed by atoms with E-state index >= 15 is 0 Å². The van der Waals surface area contributed by atoms with Gasteiger partial charge in [-0.15, -0.1) is 0 Å². The molecule has 2 aliphatic heterocycles. The van der Waals surface area contributed by atoms with Crippen LogP contribution in [0.5, 0.6) is 0 Å². The molecule has 156 valence electrons. The normalized spacial score (nSPS) is 19.9. The number of rotatable bonds is 2. The summed E-state index contributed by atoms with van der Waals surface area (Å²) in [4.78, 5) is 14.4. The summed E-state index contributed by atoms with van der Waals surface area (Å²) in [5.74, 6) is -0.523. The molecular formula is C19H18ClF3IN3O2. The Morgan fingerprint density at radius 1 is 1.31 bits per heavy atom. The second kappa shape index (κ2) is 8.07. The summed E-state index contributed by atoms with van der Waals surface area (Å²) in [6.45, 7) is 1.33. The van der Waals surface area contributed by atoms with Gasteiger partial charge >= 0.3 is 6.18 Å². The predicted octanol–water partition coefficient (Wildman–Crippen LogP) is 5.06. The van der Waals surface area contributed by atoms with Crippen LogP contribution in [-0.2, 0) is 23.9 Å². The number of carbonyl (C=O) groups is 1. The van der Waals surface area contributed by atoms with Crippen molar-refractivity contribution in [2.45, 2.75) is 44.6 Å². The highest BCUT2D eigenvalue weighted by atomic mass is 127. The molecule has 1 saturated heterocycles. The largest absolute Gasteiger partial charge is 0.417 e. The van der Waals surface area contributed by atoms with E-state index < -0.39 is 22.7 Å². The Kier molecular flexibility index (Phi) is 5.82. The van der Waals surface area contributed by atoms with Crippen LogP contribution in [0.1, 0.15) is 52.7 Å². The van der Waals surface area contributed by atoms with E-state index in [-0.39, 0.29) is 18.3 Å². The third kappa shape index (κ3) is 4.00. The second-order valence-electron chi connectivity index (χ2n) is 7.12. The van der Waals surface area contributed by atoms with Gasteiger partial charge in [-0.3, -0.25) is 4.79 Å². The van der Waals surface area contributed by atoms with Crippen molar-refractivity contribution in [3.8, 4) is 0 Å². The monoisotopic (exact) mass is 539 g/mol. The number of halogens is 5. The number of hydrogen-bond acceptors (Lipinski definition) is 3. The molecule has 4 rings (SSSR count). The topological polar surface area (TPSA) is 47.4 Å². The molecule has 1 unspecified atom stereocenters. The molecule has 0 radical (unpaired) electrons. The van der Waals surface area contributed by atoms with Crippen molar-refractivity contribution in [3.05, 3.63) is 49.3 Å². The van der Waals surface area contributed by atoms with Crippen LogP contribution in [0.4, 0.5) is 13.2 Å². The van der Waals surface area contributed by atoms with Crippen molar-refractivity contribution in [3.63, 3.8) is 0 Å². The van der Waals surface area contributed by atoms with Crippen molar-refractivity contribution in [1.29, 1.82) is 0 Å². The van der Waals surface area contributed by atoms with Gasteiger partial charge in [-0.2, -0.15) is 18.3 Å². The first-order valence-electron chi connectivity index (χ1n) is 9.29. The molecule has 1 fully saturated rings. The SMILES string of the molecule is O=C(c1cccc(C(F)(F)F)c1Cl)N1CCc2c(nn(C3CCCCO3)c2I)C1. The summed E-state index contributed by atoms with van der Waals surface area (Å²) in [6.07, 6.45) is -1.14. The highest BCUT2D eigenvalue weighted by molar-refractivity contribution is 14.1. The van der Waals surface area contributed by atoms with Crippen molar-refractivity contribution in [2.24, 2.45) is 0 Å². The number of alkyl halides is 3. The number of ether oxygens (including phenoxy) is 1. The molecule has 29 heavy (non-hydrogen) atoms. The van der Waals surface area contributed by atoms with E-state index in [2.05, 4.69) is 27.7 Å². The standard InChI is InChI=1S/C19H18ClF3IN3O2/c20-16-12(4-3-5-13(16)19(21,22)23)18(28)26-8-7-11-14(10-26)25-27(17(11)24)15-6-1-2-9-29-15/h3-5,15H,1-2,6-10H2. The van der Waals surface area contributed by atoms with Gasteiger partial charge in [-0.05, 0) is 60.4 Å². The highest BCUT2D eigenvalue weighted by Crippen LogP contribution is 2.37. The molecule has 2 aromatic rings. The van der Waals surface area contributed by atoms with E-state index in [0.717, 1.165) is 40.3 Å². The molecule has 2 aliphatic rings. The fourth-order valence-corrected chi connectivity index (χ4v) is 5.05. The first-order valence-corrected chi connectivity index (χ1v) is 10.8. The molecule has 0 bridgehead atoms. The molecule has 0 saturated carbocycles. The third-order valence-electron chi connectivity index (χ3n) is 5.25. The lowest BCUT2D eigenvalue weighted by Crippen LogP contribution is -2.36. The van der Waals surface area contributed by atoms with E-state index in [1.165, 1.54) is 17.0 Å². The van der Waals surface area contributed by atoms with E-state index in [4.69, 9.17) is 16.3 Å². The van der Waals surface area contributed by atoms with Gasteiger partial charge in [0.2, 0.25) is 0 Å². The summed E-state index contributed by atoms with van der Waals surface area (Å²) in [7, 11) is 0. The average molecular weight is 540 g/mol. The Labute approximate surface area is 184 Å². The Morgan fingerprint density at radius 3 is 2.79 bits per heavy atom. The zero-order valence-corrected chi connectivity index (χ0v) is 18.2. The number of amides is 1. The number of aromatic nitrogens is 2. The number of carbonyl (C=O) groups excluding carboxylic acids is 1. The fourth-order valence-electron chi connectivity index (χ4n) is 3.74. The lowest BCUT2D eigenvalue weighted by Gasteiger charge is -2.27. The second-order valence-corrected chi connectivity index (χ2v) is 8.52. The Balaban J connectivity index is 1.58. The predicted molar refractivity (Wildman–Crippen MR) is 109 cm³/mol. The van der Waals surface area contributed by atoms with Gasteiger partial charge in [0, 0.05) is 18.7 Å². The molecule has 0 N–H and O–H groups in total. The maximum absolute atomic E-state index is 13.1. The van der Waals surface area contributed by atoms with E-state index in [9.17, 15) is 18.0 Å². The van der Waals surface area contributed by atoms with Crippen molar-refractivity contribution < 1.29 is 22.7 Å². The minimum Gasteiger partial charge on any atom is -0.356 e. The maximum Gasteiger partial charge on any atom is 0.417 e. The first-order chi connectivity index (χ1) is 13.8. The Bertz CT molecular complexity index is 942. The van der Waals surface area contributed by atoms with Crippen LogP contribution in [-0.4, -0.2) is 33.7 Å². The van der Waals surface area contributed by atoms with Gasteiger partial charge in [0.15, 0.2) is 6.23 Å². The van der Waals surface area contributed by atoms with Crippen LogP contribution in [0.25, 0.3) is 0 Å². The molecule has 10 heteroatoms. The van der Waals surface area contributed by atoms with Crippen LogP contribution in [0.3, 0.4) is 0 Å². The molecule has 1 aromatic carbocycles. The minimum absolute atomic E-state index is 0.108. The van der Waals surface area contributed by atoms with Gasteiger partial charge in [0.25, 0.3) is 5.91 Å². The van der Waals surface area contributed by atoms with Crippen LogP contribution in [0.15, 0.2) is 18.2 Å². The van der Waals surface area contributed by atoms with Crippen LogP contribution in [0.2, 0.25) is 5.02 Å². The average Bonchev–Trinajstić information content (AvgIpc) is 3.03. The van der Waals surface area contributed by atoms with Gasteiger partial charge in [0.1, 0.15) is 3.70 Å². The molecule has 1 atom stereocenters. The maximum atomic E-state index is 13.1. The first kappa shape index (κ1) is 20.9. The summed E-state index contributed by atoms with van der Waals surface area (Å²) in [5, 5.41) is 4.09. The fraction of sp³-hybridized carbons (Fsp3) is 0.474. The number of benzene rings is 1. The smallest absolute Gasteiger partial charge is 0.356 e. The summed E-state index contributed by atoms with van der Waals surface area (Å²) >= 11 is 8.18. The van der Waals surface area contributed by atoms with Crippen LogP contribution in [0, 0.1) is 3.70 Å². The minimum atomic E-state index is -4.61. The third-order valence-corrected chi connectivity index (χ3v) is 6.80. The van der Waals surface area contributed by atoms with E-state index in [0.29, 0.717) is 19.6 Å². The van der Waals surface area contributed by atoms with Crippen molar-refractivity contribution in [1.82, 2.24) is 14.7 Å². The molecule has 0 aliphatic carbocycles. The number of fused-ring (bicyclic) bond motifs is 1. The Morgan fingerprint density at radius 2 is 2.10 bits per heavy atom. The quantitative estimate of drug-likeness (QED) is 0.502. The summed E-state index contributed by atoms with van der Waals surface area (Å²) < 4.78 is 48.0. The molecule has 1 amide bonds. The zero-order valence-electron chi connectivity index (χ0n) is 15.3. The number of hydrogen-bond donors (Lipinski definition) is 0. The number of nitrogens with zero attached hydrogens (tertiary/aromatic N) is 3. The summed E-state index contributed by atoms with van der Waals surface area (Å²) in [6, 6.07) is 3.41. The Hall–Kier alpha value is -1.33. The van der Waals surface area contributed by atoms with Gasteiger partial charge in [-0.25, -0.2) is 4.68 Å². The van der Waals surface area contributed by atoms with Crippen LogP contribution >= 0.6 is 34.2 Å². The van der Waals surface area contributed by atoms with Crippen molar-refractivity contribution >= 4 is 40.1 Å². The zero-order chi connectivity index (χ0) is 20.8. The summed E-state index contributed by atoms with van der Waals surface area (Å²) in [5.41, 5.74) is 0.677. The highest BCUT2D eigenvalue weighted by Gasteiger charge is 2.36. The van der Waals surface area contributed by atoms with Crippen molar-refractivity contribution in [2.75, 3.05) is 13.2 Å². The van der Waals surface area contributed by atoms with Gasteiger partial charge in [-0.1, -0.05) is 17.7 Å². The molecule has 1 aromatic heterocycles. The lowest BCUT2D eigenvalue weighted by atomic mass is 10.0. The van der Waals surface area contributed by atoms with E-state index in [1.807, 2.05) is 4.68 Å². The molecule has 0 spiro atoms. The van der Waals surface area contributed by atoms with E-state index in [1.54, 1.807) is 0 Å². The van der Waals surface area contributed by atoms with Gasteiger partial charge < -0.3 is 9.64 Å². The van der Waals surface area contributed by atoms with Gasteiger partial charge in [0.05, 0.1) is 28.4 Å². The molecule has 3 heterocycles. The van der Waals surface area contributed by atoms with Crippen LogP contribution < -0.4 is 0 Å². The molecular weight excluding hydrogens is 522 g/mol. The molecule has 5 nitrogen and oxygen atoms in total. The lowest BCUT2D eigenvalue weighted by molar-refractivity contribution is -0.137.